The predicted octanol–water partition coefficient (Wildman–Crippen LogP) is 1.10. The van der Waals surface area contributed by atoms with E-state index in [2.05, 4.69) is 39.0 Å². The summed E-state index contributed by atoms with van der Waals surface area (Å²) in [4.78, 5) is 14.3. The summed E-state index contributed by atoms with van der Waals surface area (Å²) in [5.74, 6) is 1.33. The van der Waals surface area contributed by atoms with Crippen molar-refractivity contribution >= 4 is 22.9 Å². The van der Waals surface area contributed by atoms with Crippen LogP contribution in [0.2, 0.25) is 0 Å². The molecule has 0 bridgehead atoms. The summed E-state index contributed by atoms with van der Waals surface area (Å²) in [7, 11) is 1.00. The third-order valence-corrected chi connectivity index (χ3v) is 2.58. The van der Waals surface area contributed by atoms with Crippen LogP contribution in [0.4, 0.5) is 11.8 Å². The summed E-state index contributed by atoms with van der Waals surface area (Å²) in [5, 5.41) is 7.00. The Morgan fingerprint density at radius 1 is 1.32 bits per heavy atom. The van der Waals surface area contributed by atoms with Gasteiger partial charge in [-0.05, 0) is 18.8 Å². The molecular weight excluding hydrogens is 244 g/mol. The molecule has 0 fully saturated rings. The fourth-order valence-electron chi connectivity index (χ4n) is 1.66. The van der Waals surface area contributed by atoms with Crippen molar-refractivity contribution in [3.63, 3.8) is 0 Å². The largest absolute Gasteiger partial charge is 0.400 e. The summed E-state index contributed by atoms with van der Waals surface area (Å²) in [6, 6.07) is 0. The first-order chi connectivity index (χ1) is 9.16. The van der Waals surface area contributed by atoms with Crippen LogP contribution in [0.25, 0.3) is 11.2 Å². The quantitative estimate of drug-likeness (QED) is 0.528. The second-order valence-electron chi connectivity index (χ2n) is 4.05. The highest BCUT2D eigenvalue weighted by molar-refractivity contribution is 5.81. The number of hydrogen-bond donors (Lipinski definition) is 4. The van der Waals surface area contributed by atoms with Gasteiger partial charge in [-0.2, -0.15) is 9.97 Å². The minimum atomic E-state index is 0.141. The number of aliphatic hydroxyl groups is 1. The molecule has 19 heavy (non-hydrogen) atoms. The van der Waals surface area contributed by atoms with E-state index in [-0.39, 0.29) is 5.95 Å². The smallest absolute Gasteiger partial charge is 0.224 e. The van der Waals surface area contributed by atoms with E-state index in [1.165, 1.54) is 19.2 Å². The fourth-order valence-corrected chi connectivity index (χ4v) is 1.66. The molecular formula is C12H20N6O. The predicted molar refractivity (Wildman–Crippen MR) is 76.2 cm³/mol. The zero-order chi connectivity index (χ0) is 14.3. The maximum atomic E-state index is 7.00. The first kappa shape index (κ1) is 14.9. The molecule has 0 amide bonds. The third kappa shape index (κ3) is 4.22. The van der Waals surface area contributed by atoms with Gasteiger partial charge in [-0.15, -0.1) is 0 Å². The second-order valence-corrected chi connectivity index (χ2v) is 4.05. The number of anilines is 2. The van der Waals surface area contributed by atoms with E-state index >= 15 is 0 Å². The molecule has 7 nitrogen and oxygen atoms in total. The Morgan fingerprint density at radius 3 is 2.58 bits per heavy atom. The molecule has 2 heterocycles. The maximum absolute atomic E-state index is 7.00. The van der Waals surface area contributed by atoms with Crippen LogP contribution in [0.3, 0.4) is 0 Å². The SMILES string of the molecule is CC1C=CCC1.CO.Nc1nc(N)c2[nH]cnc2n1. The lowest BCUT2D eigenvalue weighted by molar-refractivity contribution is 0.399. The number of fused-ring (bicyclic) bond motifs is 1. The normalized spacial score (nSPS) is 16.5. The van der Waals surface area contributed by atoms with Crippen LogP contribution >= 0.6 is 0 Å². The van der Waals surface area contributed by atoms with Gasteiger partial charge in [0, 0.05) is 7.11 Å². The van der Waals surface area contributed by atoms with E-state index in [0.29, 0.717) is 17.0 Å². The van der Waals surface area contributed by atoms with Crippen molar-refractivity contribution in [1.82, 2.24) is 19.9 Å². The lowest BCUT2D eigenvalue weighted by Gasteiger charge is -1.94. The van der Waals surface area contributed by atoms with Crippen LogP contribution in [-0.2, 0) is 0 Å². The van der Waals surface area contributed by atoms with E-state index in [1.54, 1.807) is 0 Å². The number of H-pyrrole nitrogens is 1. The maximum Gasteiger partial charge on any atom is 0.224 e. The molecule has 0 aromatic carbocycles. The zero-order valence-electron chi connectivity index (χ0n) is 11.2. The summed E-state index contributed by atoms with van der Waals surface area (Å²) >= 11 is 0. The molecule has 1 unspecified atom stereocenters. The van der Waals surface area contributed by atoms with Crippen LogP contribution in [0.15, 0.2) is 18.5 Å². The highest BCUT2D eigenvalue weighted by Crippen LogP contribution is 2.14. The fraction of sp³-hybridized carbons (Fsp3) is 0.417. The van der Waals surface area contributed by atoms with Gasteiger partial charge in [-0.25, -0.2) is 4.98 Å². The van der Waals surface area contributed by atoms with E-state index in [0.717, 1.165) is 13.0 Å². The number of imidazole rings is 1. The van der Waals surface area contributed by atoms with Gasteiger partial charge in [-0.3, -0.25) is 0 Å². The summed E-state index contributed by atoms with van der Waals surface area (Å²) in [6.07, 6.45) is 8.71. The number of nitrogen functional groups attached to an aromatic ring is 2. The number of nitrogens with one attached hydrogen (secondary N) is 1. The van der Waals surface area contributed by atoms with Gasteiger partial charge >= 0.3 is 0 Å². The van der Waals surface area contributed by atoms with Gasteiger partial charge in [0.1, 0.15) is 5.52 Å². The Bertz CT molecular complexity index is 536. The average molecular weight is 264 g/mol. The average Bonchev–Trinajstić information content (AvgIpc) is 3.03. The molecule has 3 rings (SSSR count). The van der Waals surface area contributed by atoms with Crippen molar-refractivity contribution in [3.8, 4) is 0 Å². The minimum absolute atomic E-state index is 0.141. The van der Waals surface area contributed by atoms with E-state index in [1.807, 2.05) is 0 Å². The molecule has 1 aliphatic rings. The standard InChI is InChI=1S/C6H10.C5H6N6.CH4O/c1-6-4-2-3-5-6;6-3-2-4(9-1-8-2)11-5(7)10-3;1-2/h2,4,6H,3,5H2,1H3;1H,(H5,6,7,8,9,10,11);2H,1H3. The minimum Gasteiger partial charge on any atom is -0.400 e. The van der Waals surface area contributed by atoms with Crippen LogP contribution in [0.5, 0.6) is 0 Å². The topological polar surface area (TPSA) is 127 Å². The van der Waals surface area contributed by atoms with Gasteiger partial charge in [0.15, 0.2) is 11.5 Å². The van der Waals surface area contributed by atoms with Crippen molar-refractivity contribution in [2.45, 2.75) is 19.8 Å². The van der Waals surface area contributed by atoms with Crippen LogP contribution in [0, 0.1) is 5.92 Å². The number of rotatable bonds is 0. The number of nitrogens with two attached hydrogens (primary N) is 2. The second kappa shape index (κ2) is 7.32. The van der Waals surface area contributed by atoms with Crippen LogP contribution in [0.1, 0.15) is 19.8 Å². The third-order valence-electron chi connectivity index (χ3n) is 2.58. The van der Waals surface area contributed by atoms with Crippen molar-refractivity contribution in [3.05, 3.63) is 18.5 Å². The molecule has 0 aliphatic heterocycles. The van der Waals surface area contributed by atoms with Crippen molar-refractivity contribution < 1.29 is 5.11 Å². The first-order valence-electron chi connectivity index (χ1n) is 6.00. The molecule has 1 atom stereocenters. The van der Waals surface area contributed by atoms with Gasteiger partial charge in [0.25, 0.3) is 0 Å². The Morgan fingerprint density at radius 2 is 2.05 bits per heavy atom. The summed E-state index contributed by atoms with van der Waals surface area (Å²) in [6.45, 7) is 2.25. The molecule has 1 aliphatic carbocycles. The molecule has 2 aromatic rings. The van der Waals surface area contributed by atoms with E-state index < -0.39 is 0 Å². The molecule has 6 N–H and O–H groups in total. The van der Waals surface area contributed by atoms with Gasteiger partial charge < -0.3 is 21.6 Å². The van der Waals surface area contributed by atoms with E-state index in [4.69, 9.17) is 16.6 Å². The highest BCUT2D eigenvalue weighted by Gasteiger charge is 2.03. The summed E-state index contributed by atoms with van der Waals surface area (Å²) < 4.78 is 0. The Hall–Kier alpha value is -2.15. The molecule has 2 aromatic heterocycles. The zero-order valence-corrected chi connectivity index (χ0v) is 11.2. The van der Waals surface area contributed by atoms with E-state index in [9.17, 15) is 0 Å². The lowest BCUT2D eigenvalue weighted by atomic mass is 10.2. The van der Waals surface area contributed by atoms with Gasteiger partial charge in [0.05, 0.1) is 6.33 Å². The summed E-state index contributed by atoms with van der Waals surface area (Å²) in [5.41, 5.74) is 11.9. The number of allylic oxidation sites excluding steroid dienone is 2. The molecule has 0 radical (unpaired) electrons. The molecule has 0 saturated carbocycles. The Balaban J connectivity index is 0.000000192. The van der Waals surface area contributed by atoms with Crippen LogP contribution in [-0.4, -0.2) is 32.2 Å². The van der Waals surface area contributed by atoms with Crippen molar-refractivity contribution in [1.29, 1.82) is 0 Å². The Labute approximate surface area is 111 Å². The molecule has 104 valence electrons. The van der Waals surface area contributed by atoms with Gasteiger partial charge in [-0.1, -0.05) is 19.1 Å². The van der Waals surface area contributed by atoms with Gasteiger partial charge in [0.2, 0.25) is 5.95 Å². The Kier molecular flexibility index (Phi) is 5.74. The number of aromatic amines is 1. The monoisotopic (exact) mass is 264 g/mol. The lowest BCUT2D eigenvalue weighted by Crippen LogP contribution is -1.99. The molecule has 0 saturated heterocycles. The van der Waals surface area contributed by atoms with Crippen molar-refractivity contribution in [2.24, 2.45) is 5.92 Å². The highest BCUT2D eigenvalue weighted by atomic mass is 16.2. The van der Waals surface area contributed by atoms with Crippen molar-refractivity contribution in [2.75, 3.05) is 18.6 Å². The number of nitrogens with zero attached hydrogens (tertiary/aromatic N) is 3. The number of aromatic nitrogens is 4. The molecule has 0 spiro atoms. The first-order valence-corrected chi connectivity index (χ1v) is 6.00. The molecule has 7 heteroatoms. The van der Waals surface area contributed by atoms with Crippen LogP contribution < -0.4 is 11.5 Å². The number of hydrogen-bond acceptors (Lipinski definition) is 6. The number of aliphatic hydroxyl groups excluding tert-OH is 1.